The molecule has 0 saturated heterocycles. The molecule has 21 heavy (non-hydrogen) atoms. The Kier molecular flexibility index (Phi) is 9.47. The fraction of sp³-hybridized carbons (Fsp3) is 0.133. The van der Waals surface area contributed by atoms with Crippen LogP contribution in [0.3, 0.4) is 0 Å². The minimum atomic E-state index is -1.26. The van der Waals surface area contributed by atoms with Crippen LogP contribution in [0.2, 0.25) is 0 Å². The molecular formula is C15H16O6. The van der Waals surface area contributed by atoms with Crippen LogP contribution in [0.1, 0.15) is 12.5 Å². The first-order valence-corrected chi connectivity index (χ1v) is 5.90. The van der Waals surface area contributed by atoms with Crippen molar-refractivity contribution in [2.75, 3.05) is 6.61 Å². The first-order chi connectivity index (χ1) is 9.91. The molecule has 0 unspecified atom stereocenters. The lowest BCUT2D eigenvalue weighted by Gasteiger charge is -1.94. The van der Waals surface area contributed by atoms with Gasteiger partial charge in [0.2, 0.25) is 0 Å². The molecule has 0 aliphatic carbocycles. The normalized spacial score (nSPS) is 9.95. The molecule has 0 bridgehead atoms. The van der Waals surface area contributed by atoms with Crippen LogP contribution < -0.4 is 0 Å². The Morgan fingerprint density at radius 3 is 2.00 bits per heavy atom. The predicted molar refractivity (Wildman–Crippen MR) is 76.5 cm³/mol. The van der Waals surface area contributed by atoms with Crippen molar-refractivity contribution in [3.63, 3.8) is 0 Å². The molecular weight excluding hydrogens is 276 g/mol. The molecule has 1 aromatic carbocycles. The number of benzene rings is 1. The van der Waals surface area contributed by atoms with Gasteiger partial charge < -0.3 is 14.9 Å². The summed E-state index contributed by atoms with van der Waals surface area (Å²) in [6.07, 6.45) is 4.85. The van der Waals surface area contributed by atoms with Gasteiger partial charge in [0.1, 0.15) is 6.61 Å². The van der Waals surface area contributed by atoms with E-state index in [0.717, 1.165) is 5.56 Å². The maximum atomic E-state index is 10.4. The highest BCUT2D eigenvalue weighted by molar-refractivity contribution is 5.89. The van der Waals surface area contributed by atoms with Crippen molar-refractivity contribution in [2.24, 2.45) is 0 Å². The Morgan fingerprint density at radius 1 is 1.05 bits per heavy atom. The summed E-state index contributed by atoms with van der Waals surface area (Å²) < 4.78 is 4.74. The molecule has 2 N–H and O–H groups in total. The summed E-state index contributed by atoms with van der Waals surface area (Å²) in [6.45, 7) is 1.74. The van der Waals surface area contributed by atoms with E-state index in [2.05, 4.69) is 0 Å². The number of ether oxygens (including phenoxy) is 1. The van der Waals surface area contributed by atoms with Gasteiger partial charge in [0, 0.05) is 19.1 Å². The first kappa shape index (κ1) is 18.1. The van der Waals surface area contributed by atoms with Gasteiger partial charge in [-0.05, 0) is 11.6 Å². The average Bonchev–Trinajstić information content (AvgIpc) is 2.43. The van der Waals surface area contributed by atoms with Crippen molar-refractivity contribution in [3.05, 3.63) is 54.1 Å². The van der Waals surface area contributed by atoms with Gasteiger partial charge in [-0.1, -0.05) is 36.4 Å². The summed E-state index contributed by atoms with van der Waals surface area (Å²) in [5.74, 6) is -2.77. The number of carboxylic acid groups (broad SMARTS) is 2. The fourth-order valence-electron chi connectivity index (χ4n) is 1.06. The summed E-state index contributed by atoms with van der Waals surface area (Å²) in [5.41, 5.74) is 1.11. The van der Waals surface area contributed by atoms with E-state index in [0.29, 0.717) is 18.8 Å². The van der Waals surface area contributed by atoms with Gasteiger partial charge in [-0.3, -0.25) is 4.79 Å². The average molecular weight is 292 g/mol. The molecule has 0 radical (unpaired) electrons. The van der Waals surface area contributed by atoms with Gasteiger partial charge in [0.15, 0.2) is 0 Å². The number of hydrogen-bond acceptors (Lipinski definition) is 4. The van der Waals surface area contributed by atoms with Crippen molar-refractivity contribution < 1.29 is 29.3 Å². The first-order valence-electron chi connectivity index (χ1n) is 5.90. The number of esters is 1. The van der Waals surface area contributed by atoms with E-state index in [1.807, 2.05) is 42.5 Å². The molecule has 0 saturated carbocycles. The summed E-state index contributed by atoms with van der Waals surface area (Å²) in [7, 11) is 0. The smallest absolute Gasteiger partial charge is 0.328 e. The maximum absolute atomic E-state index is 10.4. The third-order valence-electron chi connectivity index (χ3n) is 1.86. The molecule has 112 valence electrons. The zero-order chi connectivity index (χ0) is 16.1. The highest BCUT2D eigenvalue weighted by atomic mass is 16.5. The minimum absolute atomic E-state index is 0.252. The van der Waals surface area contributed by atoms with Gasteiger partial charge in [-0.15, -0.1) is 0 Å². The third kappa shape index (κ3) is 13.3. The van der Waals surface area contributed by atoms with Crippen LogP contribution in [-0.4, -0.2) is 34.7 Å². The number of rotatable bonds is 5. The van der Waals surface area contributed by atoms with E-state index in [9.17, 15) is 14.4 Å². The number of carbonyl (C=O) groups excluding carboxylic acids is 1. The molecule has 0 aromatic heterocycles. The van der Waals surface area contributed by atoms with E-state index in [-0.39, 0.29) is 5.97 Å². The Hall–Kier alpha value is -2.89. The molecule has 0 atom stereocenters. The van der Waals surface area contributed by atoms with Gasteiger partial charge in [0.05, 0.1) is 0 Å². The number of carboxylic acids is 2. The zero-order valence-corrected chi connectivity index (χ0v) is 11.4. The SMILES string of the molecule is CC(=O)OCC=Cc1ccccc1.O=C(O)C=CC(=O)O. The van der Waals surface area contributed by atoms with E-state index in [1.54, 1.807) is 0 Å². The third-order valence-corrected chi connectivity index (χ3v) is 1.86. The van der Waals surface area contributed by atoms with Crippen molar-refractivity contribution >= 4 is 24.0 Å². The Morgan fingerprint density at radius 2 is 1.57 bits per heavy atom. The number of hydrogen-bond donors (Lipinski definition) is 2. The second-order valence-electron chi connectivity index (χ2n) is 3.63. The summed E-state index contributed by atoms with van der Waals surface area (Å²) in [6, 6.07) is 9.87. The molecule has 1 aromatic rings. The monoisotopic (exact) mass is 292 g/mol. The molecule has 6 nitrogen and oxygen atoms in total. The number of carbonyl (C=O) groups is 3. The van der Waals surface area contributed by atoms with Crippen molar-refractivity contribution in [3.8, 4) is 0 Å². The van der Waals surface area contributed by atoms with Gasteiger partial charge in [0.25, 0.3) is 0 Å². The Balaban J connectivity index is 0.000000433. The van der Waals surface area contributed by atoms with E-state index in [1.165, 1.54) is 6.92 Å². The van der Waals surface area contributed by atoms with E-state index < -0.39 is 11.9 Å². The molecule has 0 fully saturated rings. The summed E-state index contributed by atoms with van der Waals surface area (Å²) in [4.78, 5) is 29.5. The van der Waals surface area contributed by atoms with Crippen LogP contribution in [0.5, 0.6) is 0 Å². The van der Waals surface area contributed by atoms with Crippen LogP contribution in [0.15, 0.2) is 48.6 Å². The van der Waals surface area contributed by atoms with Crippen LogP contribution in [0.25, 0.3) is 6.08 Å². The molecule has 1 rings (SSSR count). The second kappa shape index (κ2) is 11.0. The molecule has 0 spiro atoms. The minimum Gasteiger partial charge on any atom is -0.478 e. The molecule has 0 aliphatic heterocycles. The quantitative estimate of drug-likeness (QED) is 0.635. The lowest BCUT2D eigenvalue weighted by molar-refractivity contribution is -0.139. The van der Waals surface area contributed by atoms with Gasteiger partial charge in [-0.25, -0.2) is 9.59 Å². The molecule has 0 heterocycles. The highest BCUT2D eigenvalue weighted by Gasteiger charge is 1.88. The van der Waals surface area contributed by atoms with Crippen molar-refractivity contribution in [1.82, 2.24) is 0 Å². The van der Waals surface area contributed by atoms with E-state index >= 15 is 0 Å². The standard InChI is InChI=1S/C11H12O2.C4H4O4/c1-10(12)13-9-5-8-11-6-3-2-4-7-11;5-3(6)1-2-4(7)8/h2-8H,9H2,1H3;1-2H,(H,5,6)(H,7,8). The Bertz CT molecular complexity index is 500. The number of aliphatic carboxylic acids is 2. The van der Waals surface area contributed by atoms with Crippen LogP contribution in [0.4, 0.5) is 0 Å². The van der Waals surface area contributed by atoms with Crippen LogP contribution in [0, 0.1) is 0 Å². The lowest BCUT2D eigenvalue weighted by Crippen LogP contribution is -1.97. The summed E-state index contributed by atoms with van der Waals surface area (Å²) in [5, 5.41) is 15.6. The van der Waals surface area contributed by atoms with Crippen LogP contribution in [-0.2, 0) is 19.1 Å². The zero-order valence-electron chi connectivity index (χ0n) is 11.4. The molecule has 0 aliphatic rings. The van der Waals surface area contributed by atoms with Gasteiger partial charge >= 0.3 is 17.9 Å². The largest absolute Gasteiger partial charge is 0.478 e. The summed E-state index contributed by atoms with van der Waals surface area (Å²) >= 11 is 0. The van der Waals surface area contributed by atoms with Crippen LogP contribution >= 0.6 is 0 Å². The molecule has 0 amide bonds. The highest BCUT2D eigenvalue weighted by Crippen LogP contribution is 2.00. The maximum Gasteiger partial charge on any atom is 0.328 e. The second-order valence-corrected chi connectivity index (χ2v) is 3.63. The molecule has 6 heteroatoms. The van der Waals surface area contributed by atoms with Crippen molar-refractivity contribution in [1.29, 1.82) is 0 Å². The Labute approximate surface area is 122 Å². The predicted octanol–water partition coefficient (Wildman–Crippen LogP) is 1.97. The lowest BCUT2D eigenvalue weighted by atomic mass is 10.2. The van der Waals surface area contributed by atoms with Crippen molar-refractivity contribution in [2.45, 2.75) is 6.92 Å². The van der Waals surface area contributed by atoms with Gasteiger partial charge in [-0.2, -0.15) is 0 Å². The fourth-order valence-corrected chi connectivity index (χ4v) is 1.06. The van der Waals surface area contributed by atoms with E-state index in [4.69, 9.17) is 14.9 Å². The topological polar surface area (TPSA) is 101 Å².